The number of carbonyl (C=O) groups is 2. The zero-order chi connectivity index (χ0) is 18.1. The maximum Gasteiger partial charge on any atom is 0.289 e. The molecule has 1 aliphatic heterocycles. The van der Waals surface area contributed by atoms with Gasteiger partial charge in [0.25, 0.3) is 5.91 Å². The van der Waals surface area contributed by atoms with Gasteiger partial charge in [0.05, 0.1) is 12.0 Å². The van der Waals surface area contributed by atoms with Crippen molar-refractivity contribution < 1.29 is 14.0 Å². The van der Waals surface area contributed by atoms with Gasteiger partial charge in [-0.2, -0.15) is 0 Å². The molecule has 1 saturated heterocycles. The molecule has 4 rings (SSSR count). The molecule has 0 N–H and O–H groups in total. The van der Waals surface area contributed by atoms with Gasteiger partial charge in [-0.25, -0.2) is 0 Å². The van der Waals surface area contributed by atoms with E-state index in [1.54, 1.807) is 21.9 Å². The predicted octanol–water partition coefficient (Wildman–Crippen LogP) is 1.36. The van der Waals surface area contributed by atoms with Crippen LogP contribution in [0.25, 0.3) is 0 Å². The van der Waals surface area contributed by atoms with E-state index in [9.17, 15) is 9.59 Å². The number of furan rings is 1. The summed E-state index contributed by atoms with van der Waals surface area (Å²) >= 11 is 1.42. The summed E-state index contributed by atoms with van der Waals surface area (Å²) < 4.78 is 7.15. The van der Waals surface area contributed by atoms with E-state index in [-0.39, 0.29) is 11.8 Å². The monoisotopic (exact) mass is 375 g/mol. The molecule has 2 aliphatic rings. The summed E-state index contributed by atoms with van der Waals surface area (Å²) in [6.45, 7) is 2.12. The second-order valence-corrected chi connectivity index (χ2v) is 7.56. The summed E-state index contributed by atoms with van der Waals surface area (Å²) in [6.07, 6.45) is 3.85. The zero-order valence-corrected chi connectivity index (χ0v) is 15.4. The molecule has 2 amide bonds. The summed E-state index contributed by atoms with van der Waals surface area (Å²) in [5.74, 6) is 2.18. The van der Waals surface area contributed by atoms with E-state index in [1.165, 1.54) is 30.9 Å². The second kappa shape index (κ2) is 7.14. The number of nitrogens with zero attached hydrogens (tertiary/aromatic N) is 5. The molecule has 2 aromatic rings. The van der Waals surface area contributed by atoms with Crippen molar-refractivity contribution in [1.82, 2.24) is 24.6 Å². The van der Waals surface area contributed by atoms with Crippen LogP contribution < -0.4 is 0 Å². The Morgan fingerprint density at radius 1 is 1.19 bits per heavy atom. The van der Waals surface area contributed by atoms with Gasteiger partial charge in [0, 0.05) is 39.1 Å². The lowest BCUT2D eigenvalue weighted by molar-refractivity contribution is -0.129. The molecule has 0 aromatic carbocycles. The van der Waals surface area contributed by atoms with Crippen LogP contribution in [-0.2, 0) is 11.8 Å². The Kier molecular flexibility index (Phi) is 4.71. The molecule has 9 heteroatoms. The van der Waals surface area contributed by atoms with Crippen molar-refractivity contribution in [3.8, 4) is 0 Å². The van der Waals surface area contributed by atoms with Gasteiger partial charge in [0.15, 0.2) is 10.9 Å². The number of amides is 2. The second-order valence-electron chi connectivity index (χ2n) is 6.61. The number of hydrogen-bond acceptors (Lipinski definition) is 6. The largest absolute Gasteiger partial charge is 0.459 e. The zero-order valence-electron chi connectivity index (χ0n) is 14.6. The predicted molar refractivity (Wildman–Crippen MR) is 94.9 cm³/mol. The van der Waals surface area contributed by atoms with Gasteiger partial charge in [-0.1, -0.05) is 11.8 Å². The van der Waals surface area contributed by atoms with Crippen molar-refractivity contribution in [3.63, 3.8) is 0 Å². The normalized spacial score (nSPS) is 17.6. The number of carbonyl (C=O) groups excluding carboxylic acids is 2. The highest BCUT2D eigenvalue weighted by atomic mass is 32.2. The Hall–Kier alpha value is -2.29. The van der Waals surface area contributed by atoms with Gasteiger partial charge in [-0.3, -0.25) is 9.59 Å². The third-order valence-corrected chi connectivity index (χ3v) is 5.79. The highest BCUT2D eigenvalue weighted by Gasteiger charge is 2.30. The molecule has 0 atom stereocenters. The fraction of sp³-hybridized carbons (Fsp3) is 0.529. The quantitative estimate of drug-likeness (QED) is 0.734. The fourth-order valence-corrected chi connectivity index (χ4v) is 3.90. The summed E-state index contributed by atoms with van der Waals surface area (Å²) in [5.41, 5.74) is 0. The molecule has 3 heterocycles. The molecule has 138 valence electrons. The van der Waals surface area contributed by atoms with E-state index < -0.39 is 0 Å². The van der Waals surface area contributed by atoms with Crippen LogP contribution in [0.15, 0.2) is 28.0 Å². The Balaban J connectivity index is 1.26. The summed E-state index contributed by atoms with van der Waals surface area (Å²) in [4.78, 5) is 28.2. The van der Waals surface area contributed by atoms with Crippen LogP contribution >= 0.6 is 11.8 Å². The van der Waals surface area contributed by atoms with Crippen LogP contribution in [0.3, 0.4) is 0 Å². The minimum atomic E-state index is -0.122. The third kappa shape index (κ3) is 3.48. The lowest BCUT2D eigenvalue weighted by Gasteiger charge is -2.34. The number of rotatable bonds is 5. The van der Waals surface area contributed by atoms with E-state index >= 15 is 0 Å². The molecule has 2 fully saturated rings. The van der Waals surface area contributed by atoms with Crippen molar-refractivity contribution in [2.75, 3.05) is 31.9 Å². The summed E-state index contributed by atoms with van der Waals surface area (Å²) in [7, 11) is 1.96. The number of piperazine rings is 1. The van der Waals surface area contributed by atoms with Crippen molar-refractivity contribution >= 4 is 23.6 Å². The van der Waals surface area contributed by atoms with Gasteiger partial charge < -0.3 is 18.8 Å². The number of thioether (sulfide) groups is 1. The van der Waals surface area contributed by atoms with Gasteiger partial charge in [0.1, 0.15) is 5.82 Å². The van der Waals surface area contributed by atoms with Crippen LogP contribution in [0.2, 0.25) is 0 Å². The van der Waals surface area contributed by atoms with Crippen LogP contribution in [0, 0.1) is 0 Å². The van der Waals surface area contributed by atoms with E-state index in [2.05, 4.69) is 10.2 Å². The van der Waals surface area contributed by atoms with E-state index in [4.69, 9.17) is 4.42 Å². The van der Waals surface area contributed by atoms with Crippen molar-refractivity contribution in [3.05, 3.63) is 30.0 Å². The molecule has 0 bridgehead atoms. The first kappa shape index (κ1) is 17.1. The third-order valence-electron chi connectivity index (χ3n) is 4.79. The Morgan fingerprint density at radius 2 is 1.92 bits per heavy atom. The van der Waals surface area contributed by atoms with Gasteiger partial charge in [-0.05, 0) is 25.0 Å². The first-order chi connectivity index (χ1) is 12.6. The number of aromatic nitrogens is 3. The first-order valence-electron chi connectivity index (χ1n) is 8.76. The van der Waals surface area contributed by atoms with Crippen LogP contribution in [0.5, 0.6) is 0 Å². The standard InChI is InChI=1S/C17H21N5O3S/c1-20-15(12-4-5-12)18-19-17(20)26-11-14(23)21-6-8-22(9-7-21)16(24)13-3-2-10-25-13/h2-3,10,12H,4-9,11H2,1H3. The van der Waals surface area contributed by atoms with Crippen LogP contribution in [0.4, 0.5) is 0 Å². The van der Waals surface area contributed by atoms with Crippen molar-refractivity contribution in [1.29, 1.82) is 0 Å². The highest BCUT2D eigenvalue weighted by molar-refractivity contribution is 7.99. The molecular weight excluding hydrogens is 354 g/mol. The SMILES string of the molecule is Cn1c(SCC(=O)N2CCN(C(=O)c3ccco3)CC2)nnc1C1CC1. The Bertz CT molecular complexity index is 791. The first-order valence-corrected chi connectivity index (χ1v) is 9.74. The van der Waals surface area contributed by atoms with E-state index in [0.717, 1.165) is 11.0 Å². The lowest BCUT2D eigenvalue weighted by atomic mass is 10.3. The minimum absolute atomic E-state index is 0.0658. The molecule has 0 spiro atoms. The average Bonchev–Trinajstić information content (AvgIpc) is 3.22. The Morgan fingerprint density at radius 3 is 2.58 bits per heavy atom. The highest BCUT2D eigenvalue weighted by Crippen LogP contribution is 2.39. The fourth-order valence-electron chi connectivity index (χ4n) is 3.08. The molecule has 8 nitrogen and oxygen atoms in total. The smallest absolute Gasteiger partial charge is 0.289 e. The molecule has 1 aliphatic carbocycles. The maximum absolute atomic E-state index is 12.5. The molecule has 26 heavy (non-hydrogen) atoms. The summed E-state index contributed by atoms with van der Waals surface area (Å²) in [5, 5.41) is 9.22. The van der Waals surface area contributed by atoms with Gasteiger partial charge in [-0.15, -0.1) is 10.2 Å². The van der Waals surface area contributed by atoms with Crippen molar-refractivity contribution in [2.24, 2.45) is 7.05 Å². The van der Waals surface area contributed by atoms with Gasteiger partial charge in [0.2, 0.25) is 5.91 Å². The van der Waals surface area contributed by atoms with E-state index in [0.29, 0.717) is 43.6 Å². The van der Waals surface area contributed by atoms with Gasteiger partial charge >= 0.3 is 0 Å². The maximum atomic E-state index is 12.5. The van der Waals surface area contributed by atoms with Crippen LogP contribution in [-0.4, -0.2) is 68.3 Å². The van der Waals surface area contributed by atoms with E-state index in [1.807, 2.05) is 11.6 Å². The lowest BCUT2D eigenvalue weighted by Crippen LogP contribution is -2.51. The summed E-state index contributed by atoms with van der Waals surface area (Å²) in [6, 6.07) is 3.36. The molecular formula is C17H21N5O3S. The minimum Gasteiger partial charge on any atom is -0.459 e. The molecule has 0 radical (unpaired) electrons. The number of hydrogen-bond donors (Lipinski definition) is 0. The van der Waals surface area contributed by atoms with Crippen LogP contribution in [0.1, 0.15) is 35.1 Å². The average molecular weight is 375 g/mol. The molecule has 2 aromatic heterocycles. The molecule has 1 saturated carbocycles. The Labute approximate surface area is 155 Å². The molecule has 0 unspecified atom stereocenters. The topological polar surface area (TPSA) is 84.5 Å². The van der Waals surface area contributed by atoms with Crippen molar-refractivity contribution in [2.45, 2.75) is 23.9 Å².